The quantitative estimate of drug-likeness (QED) is 0.909. The Kier molecular flexibility index (Phi) is 4.35. The van der Waals surface area contributed by atoms with Gasteiger partial charge in [0.25, 0.3) is 0 Å². The minimum Gasteiger partial charge on any atom is -0.312 e. The molecule has 2 rings (SSSR count). The molecule has 1 fully saturated rings. The molecular formula is C13H22N2O2S2. The largest absolute Gasteiger partial charge is 0.312 e. The number of nitrogens with one attached hydrogen (secondary N) is 1. The van der Waals surface area contributed by atoms with Crippen LogP contribution in [-0.2, 0) is 16.6 Å². The van der Waals surface area contributed by atoms with E-state index in [1.54, 1.807) is 10.4 Å². The highest BCUT2D eigenvalue weighted by molar-refractivity contribution is 7.89. The average Bonchev–Trinajstić information content (AvgIpc) is 2.92. The van der Waals surface area contributed by atoms with Crippen molar-refractivity contribution in [3.8, 4) is 0 Å². The monoisotopic (exact) mass is 302 g/mol. The second-order valence-electron chi connectivity index (χ2n) is 5.48. The van der Waals surface area contributed by atoms with Crippen molar-refractivity contribution in [3.63, 3.8) is 0 Å². The zero-order valence-electron chi connectivity index (χ0n) is 11.8. The van der Waals surface area contributed by atoms with Crippen LogP contribution in [0.25, 0.3) is 0 Å². The minimum atomic E-state index is -3.36. The van der Waals surface area contributed by atoms with Crippen LogP contribution in [0.1, 0.15) is 38.5 Å². The van der Waals surface area contributed by atoms with Gasteiger partial charge in [0, 0.05) is 23.5 Å². The molecule has 1 saturated heterocycles. The Balaban J connectivity index is 2.32. The number of hydrogen-bond acceptors (Lipinski definition) is 4. The van der Waals surface area contributed by atoms with Crippen LogP contribution in [0.4, 0.5) is 0 Å². The molecule has 0 bridgehead atoms. The lowest BCUT2D eigenvalue weighted by atomic mass is 10.0. The van der Waals surface area contributed by atoms with Gasteiger partial charge in [-0.2, -0.15) is 4.31 Å². The molecule has 0 spiro atoms. The van der Waals surface area contributed by atoms with Gasteiger partial charge in [0.15, 0.2) is 0 Å². The van der Waals surface area contributed by atoms with Crippen molar-refractivity contribution >= 4 is 21.4 Å². The molecular weight excluding hydrogens is 280 g/mol. The van der Waals surface area contributed by atoms with Crippen LogP contribution < -0.4 is 5.32 Å². The Morgan fingerprint density at radius 2 is 2.21 bits per heavy atom. The maximum Gasteiger partial charge on any atom is 0.244 e. The molecule has 6 heteroatoms. The molecule has 2 heterocycles. The Hall–Kier alpha value is -0.430. The fourth-order valence-electron chi connectivity index (χ4n) is 2.57. The molecule has 1 aromatic rings. The first-order valence-electron chi connectivity index (χ1n) is 6.69. The van der Waals surface area contributed by atoms with E-state index in [0.717, 1.165) is 24.3 Å². The van der Waals surface area contributed by atoms with Crippen molar-refractivity contribution in [2.24, 2.45) is 0 Å². The van der Waals surface area contributed by atoms with Crippen LogP contribution in [0.2, 0.25) is 0 Å². The van der Waals surface area contributed by atoms with E-state index in [9.17, 15) is 8.42 Å². The van der Waals surface area contributed by atoms with E-state index in [1.165, 1.54) is 11.3 Å². The molecule has 0 aromatic carbocycles. The van der Waals surface area contributed by atoms with Gasteiger partial charge in [-0.05, 0) is 44.7 Å². The highest BCUT2D eigenvalue weighted by Crippen LogP contribution is 2.35. The maximum absolute atomic E-state index is 12.8. The van der Waals surface area contributed by atoms with E-state index in [1.807, 2.05) is 26.2 Å². The normalized spacial score (nSPS) is 19.9. The van der Waals surface area contributed by atoms with E-state index in [-0.39, 0.29) is 5.54 Å². The molecule has 0 atom stereocenters. The van der Waals surface area contributed by atoms with Crippen molar-refractivity contribution in [2.75, 3.05) is 13.1 Å². The summed E-state index contributed by atoms with van der Waals surface area (Å²) in [4.78, 5) is 1.39. The summed E-state index contributed by atoms with van der Waals surface area (Å²) in [5, 5.41) is 5.07. The number of hydrogen-bond donors (Lipinski definition) is 1. The van der Waals surface area contributed by atoms with Gasteiger partial charge in [-0.25, -0.2) is 8.42 Å². The lowest BCUT2D eigenvalue weighted by Gasteiger charge is -2.30. The third kappa shape index (κ3) is 2.86. The molecule has 0 saturated carbocycles. The van der Waals surface area contributed by atoms with E-state index in [4.69, 9.17) is 0 Å². The van der Waals surface area contributed by atoms with Crippen molar-refractivity contribution in [2.45, 2.75) is 50.6 Å². The topological polar surface area (TPSA) is 49.4 Å². The summed E-state index contributed by atoms with van der Waals surface area (Å²) < 4.78 is 27.3. The molecule has 0 radical (unpaired) electrons. The first-order chi connectivity index (χ1) is 8.89. The fourth-order valence-corrected chi connectivity index (χ4v) is 5.81. The average molecular weight is 302 g/mol. The number of thiophene rings is 1. The van der Waals surface area contributed by atoms with Gasteiger partial charge in [0.1, 0.15) is 0 Å². The van der Waals surface area contributed by atoms with Crippen molar-refractivity contribution < 1.29 is 8.42 Å². The second kappa shape index (κ2) is 5.52. The van der Waals surface area contributed by atoms with Crippen LogP contribution in [0.3, 0.4) is 0 Å². The summed E-state index contributed by atoms with van der Waals surface area (Å²) in [5.41, 5.74) is -0.268. The minimum absolute atomic E-state index is 0.268. The van der Waals surface area contributed by atoms with E-state index < -0.39 is 10.0 Å². The van der Waals surface area contributed by atoms with Crippen LogP contribution in [-0.4, -0.2) is 31.4 Å². The third-order valence-corrected chi connectivity index (χ3v) is 6.88. The lowest BCUT2D eigenvalue weighted by molar-refractivity contribution is 0.291. The number of sulfonamides is 1. The summed E-state index contributed by atoms with van der Waals surface area (Å²) in [6, 6.07) is 1.74. The molecule has 1 aliphatic heterocycles. The SMILES string of the molecule is CCNCc1sccc1S(=O)(=O)N1CCCC1(C)C. The van der Waals surface area contributed by atoms with Gasteiger partial charge in [0.2, 0.25) is 10.0 Å². The van der Waals surface area contributed by atoms with Gasteiger partial charge in [-0.1, -0.05) is 6.92 Å². The zero-order chi connectivity index (χ0) is 14.1. The molecule has 0 aliphatic carbocycles. The second-order valence-corrected chi connectivity index (χ2v) is 8.31. The van der Waals surface area contributed by atoms with Crippen LogP contribution in [0.15, 0.2) is 16.3 Å². The van der Waals surface area contributed by atoms with Gasteiger partial charge < -0.3 is 5.32 Å². The van der Waals surface area contributed by atoms with Gasteiger partial charge in [-0.15, -0.1) is 11.3 Å². The highest BCUT2D eigenvalue weighted by Gasteiger charge is 2.41. The van der Waals surface area contributed by atoms with Crippen LogP contribution in [0.5, 0.6) is 0 Å². The Bertz CT molecular complexity index is 535. The summed E-state index contributed by atoms with van der Waals surface area (Å²) in [6.07, 6.45) is 1.87. The van der Waals surface area contributed by atoms with Gasteiger partial charge in [0.05, 0.1) is 4.90 Å². The molecule has 1 aliphatic rings. The zero-order valence-corrected chi connectivity index (χ0v) is 13.4. The van der Waals surface area contributed by atoms with E-state index in [2.05, 4.69) is 5.32 Å². The predicted molar refractivity (Wildman–Crippen MR) is 78.9 cm³/mol. The number of nitrogens with zero attached hydrogens (tertiary/aromatic N) is 1. The summed E-state index contributed by atoms with van der Waals surface area (Å²) in [6.45, 7) is 8.13. The Morgan fingerprint density at radius 1 is 1.47 bits per heavy atom. The Labute approximate surface area is 119 Å². The lowest BCUT2D eigenvalue weighted by Crippen LogP contribution is -2.42. The van der Waals surface area contributed by atoms with Crippen molar-refractivity contribution in [1.82, 2.24) is 9.62 Å². The summed E-state index contributed by atoms with van der Waals surface area (Å²) in [7, 11) is -3.36. The maximum atomic E-state index is 12.8. The smallest absolute Gasteiger partial charge is 0.244 e. The first-order valence-corrected chi connectivity index (χ1v) is 9.01. The van der Waals surface area contributed by atoms with Gasteiger partial charge >= 0.3 is 0 Å². The number of rotatable bonds is 5. The molecule has 1 N–H and O–H groups in total. The molecule has 19 heavy (non-hydrogen) atoms. The van der Waals surface area contributed by atoms with Crippen LogP contribution in [0, 0.1) is 0 Å². The summed E-state index contributed by atoms with van der Waals surface area (Å²) in [5.74, 6) is 0. The molecule has 1 aromatic heterocycles. The van der Waals surface area contributed by atoms with Crippen molar-refractivity contribution in [3.05, 3.63) is 16.3 Å². The molecule has 0 amide bonds. The molecule has 0 unspecified atom stereocenters. The molecule has 108 valence electrons. The summed E-state index contributed by atoms with van der Waals surface area (Å²) >= 11 is 1.51. The van der Waals surface area contributed by atoms with Gasteiger partial charge in [-0.3, -0.25) is 0 Å². The van der Waals surface area contributed by atoms with Crippen molar-refractivity contribution in [1.29, 1.82) is 0 Å². The Morgan fingerprint density at radius 3 is 2.79 bits per heavy atom. The molecule has 4 nitrogen and oxygen atoms in total. The predicted octanol–water partition coefficient (Wildman–Crippen LogP) is 2.42. The fraction of sp³-hybridized carbons (Fsp3) is 0.692. The van der Waals surface area contributed by atoms with E-state index >= 15 is 0 Å². The van der Waals surface area contributed by atoms with Crippen LogP contribution >= 0.6 is 11.3 Å². The first kappa shape index (κ1) is 15.0. The highest BCUT2D eigenvalue weighted by atomic mass is 32.2. The third-order valence-electron chi connectivity index (χ3n) is 3.63. The standard InChI is InChI=1S/C13H22N2O2S2/c1-4-14-10-11-12(6-9-18-11)19(16,17)15-8-5-7-13(15,2)3/h6,9,14H,4-5,7-8,10H2,1-3H3. The van der Waals surface area contributed by atoms with E-state index in [0.29, 0.717) is 18.0 Å².